The molecule has 0 atom stereocenters. The van der Waals surface area contributed by atoms with Crippen LogP contribution in [0.2, 0.25) is 0 Å². The zero-order chi connectivity index (χ0) is 16.3. The van der Waals surface area contributed by atoms with E-state index in [9.17, 15) is 9.59 Å². The summed E-state index contributed by atoms with van der Waals surface area (Å²) in [6.07, 6.45) is 0.387. The van der Waals surface area contributed by atoms with Crippen LogP contribution >= 0.6 is 0 Å². The van der Waals surface area contributed by atoms with Gasteiger partial charge in [-0.15, -0.1) is 0 Å². The number of aromatic nitrogens is 2. The minimum Gasteiger partial charge on any atom is -0.481 e. The zero-order valence-electron chi connectivity index (χ0n) is 13.1. The summed E-state index contributed by atoms with van der Waals surface area (Å²) in [4.78, 5) is 27.5. The number of benzene rings is 1. The van der Waals surface area contributed by atoms with Crippen molar-refractivity contribution in [3.8, 4) is 0 Å². The highest BCUT2D eigenvalue weighted by Crippen LogP contribution is 2.19. The molecule has 1 amide bonds. The Balaban J connectivity index is 1.97. The molecule has 6 heteroatoms. The molecule has 0 aliphatic rings. The Morgan fingerprint density at radius 2 is 2.00 bits per heavy atom. The maximum atomic E-state index is 12.1. The van der Waals surface area contributed by atoms with Crippen molar-refractivity contribution in [1.82, 2.24) is 14.9 Å². The molecule has 0 aliphatic carbocycles. The highest BCUT2D eigenvalue weighted by molar-refractivity contribution is 5.81. The summed E-state index contributed by atoms with van der Waals surface area (Å²) in [6.45, 7) is 5.68. The van der Waals surface area contributed by atoms with Crippen LogP contribution in [-0.4, -0.2) is 33.1 Å². The summed E-state index contributed by atoms with van der Waals surface area (Å²) < 4.78 is 1.85. The topological polar surface area (TPSA) is 84.2 Å². The van der Waals surface area contributed by atoms with Gasteiger partial charge >= 0.3 is 5.97 Å². The fraction of sp³-hybridized carbons (Fsp3) is 0.438. The van der Waals surface area contributed by atoms with E-state index in [2.05, 4.69) is 10.3 Å². The first-order valence-electron chi connectivity index (χ1n) is 7.23. The minimum atomic E-state index is -0.863. The highest BCUT2D eigenvalue weighted by atomic mass is 16.4. The second kappa shape index (κ2) is 6.17. The van der Waals surface area contributed by atoms with Crippen LogP contribution < -0.4 is 5.32 Å². The predicted molar refractivity (Wildman–Crippen MR) is 83.5 cm³/mol. The van der Waals surface area contributed by atoms with E-state index in [0.29, 0.717) is 13.0 Å². The number of rotatable bonds is 6. The second-order valence-corrected chi connectivity index (χ2v) is 6.02. The van der Waals surface area contributed by atoms with Crippen LogP contribution in [0.15, 0.2) is 24.3 Å². The normalized spacial score (nSPS) is 11.6. The molecule has 1 aromatic heterocycles. The molecular formula is C16H21N3O3. The number of carboxylic acids is 1. The number of fused-ring (bicyclic) bond motifs is 1. The van der Waals surface area contributed by atoms with Crippen LogP contribution in [0.1, 0.15) is 26.1 Å². The van der Waals surface area contributed by atoms with Crippen molar-refractivity contribution in [2.75, 3.05) is 6.54 Å². The number of carbonyl (C=O) groups excluding carboxylic acids is 1. The lowest BCUT2D eigenvalue weighted by Gasteiger charge is -2.19. The molecule has 0 radical (unpaired) electrons. The van der Waals surface area contributed by atoms with Crippen LogP contribution in [0.25, 0.3) is 11.0 Å². The van der Waals surface area contributed by atoms with Gasteiger partial charge in [0, 0.05) is 6.54 Å². The van der Waals surface area contributed by atoms with Gasteiger partial charge in [-0.3, -0.25) is 9.59 Å². The SMILES string of the molecule is Cc1nc2ccccc2n1CC(=O)NCCC(C)(C)C(=O)O. The van der Waals surface area contributed by atoms with Crippen molar-refractivity contribution < 1.29 is 14.7 Å². The summed E-state index contributed by atoms with van der Waals surface area (Å²) in [7, 11) is 0. The third-order valence-electron chi connectivity index (χ3n) is 3.80. The van der Waals surface area contributed by atoms with Crippen molar-refractivity contribution in [2.24, 2.45) is 5.41 Å². The van der Waals surface area contributed by atoms with Crippen molar-refractivity contribution in [3.05, 3.63) is 30.1 Å². The monoisotopic (exact) mass is 303 g/mol. The molecule has 118 valence electrons. The molecule has 2 N–H and O–H groups in total. The molecule has 1 heterocycles. The Morgan fingerprint density at radius 1 is 1.32 bits per heavy atom. The first kappa shape index (κ1) is 16.0. The standard InChI is InChI=1S/C16H21N3O3/c1-11-18-12-6-4-5-7-13(12)19(11)10-14(20)17-9-8-16(2,3)15(21)22/h4-7H,8-10H2,1-3H3,(H,17,20)(H,21,22). The molecule has 2 rings (SSSR count). The van der Waals surface area contributed by atoms with Crippen LogP contribution in [0, 0.1) is 12.3 Å². The zero-order valence-corrected chi connectivity index (χ0v) is 13.1. The smallest absolute Gasteiger partial charge is 0.309 e. The Bertz CT molecular complexity index is 704. The van der Waals surface area contributed by atoms with Gasteiger partial charge in [0.25, 0.3) is 0 Å². The Kier molecular flexibility index (Phi) is 4.49. The molecule has 6 nitrogen and oxygen atoms in total. The third kappa shape index (κ3) is 3.44. The molecule has 2 aromatic rings. The van der Waals surface area contributed by atoms with Gasteiger partial charge in [-0.25, -0.2) is 4.98 Å². The maximum absolute atomic E-state index is 12.1. The lowest BCUT2D eigenvalue weighted by atomic mass is 9.90. The van der Waals surface area contributed by atoms with Gasteiger partial charge in [0.05, 0.1) is 16.4 Å². The molecule has 0 saturated carbocycles. The fourth-order valence-electron chi connectivity index (χ4n) is 2.22. The van der Waals surface area contributed by atoms with Gasteiger partial charge in [0.1, 0.15) is 12.4 Å². The van der Waals surface area contributed by atoms with Gasteiger partial charge in [-0.1, -0.05) is 12.1 Å². The summed E-state index contributed by atoms with van der Waals surface area (Å²) in [5.74, 6) is -0.229. The number of amides is 1. The lowest BCUT2D eigenvalue weighted by molar-refractivity contribution is -0.147. The Hall–Kier alpha value is -2.37. The van der Waals surface area contributed by atoms with Crippen LogP contribution in [0.4, 0.5) is 0 Å². The molecule has 0 spiro atoms. The minimum absolute atomic E-state index is 0.146. The number of carbonyl (C=O) groups is 2. The van der Waals surface area contributed by atoms with Gasteiger partial charge in [0.2, 0.25) is 5.91 Å². The van der Waals surface area contributed by atoms with Crippen LogP contribution in [0.3, 0.4) is 0 Å². The summed E-state index contributed by atoms with van der Waals surface area (Å²) in [5.41, 5.74) is 0.936. The van der Waals surface area contributed by atoms with Gasteiger partial charge < -0.3 is 15.0 Å². The summed E-state index contributed by atoms with van der Waals surface area (Å²) in [6, 6.07) is 7.66. The number of carboxylic acid groups (broad SMARTS) is 1. The van der Waals surface area contributed by atoms with Crippen molar-refractivity contribution in [3.63, 3.8) is 0 Å². The molecule has 0 fully saturated rings. The number of aliphatic carboxylic acids is 1. The largest absolute Gasteiger partial charge is 0.481 e. The van der Waals surface area contributed by atoms with Gasteiger partial charge in [-0.05, 0) is 39.3 Å². The number of aryl methyl sites for hydroxylation is 1. The summed E-state index contributed by atoms with van der Waals surface area (Å²) >= 11 is 0. The molecule has 0 aliphatic heterocycles. The van der Waals surface area contributed by atoms with Gasteiger partial charge in [-0.2, -0.15) is 0 Å². The van der Waals surface area contributed by atoms with Gasteiger partial charge in [0.15, 0.2) is 0 Å². The molecule has 1 aromatic carbocycles. The number of para-hydroxylation sites is 2. The van der Waals surface area contributed by atoms with Crippen molar-refractivity contribution in [1.29, 1.82) is 0 Å². The number of imidazole rings is 1. The number of hydrogen-bond acceptors (Lipinski definition) is 3. The average molecular weight is 303 g/mol. The van der Waals surface area contributed by atoms with E-state index in [1.165, 1.54) is 0 Å². The molecule has 0 unspecified atom stereocenters. The van der Waals surface area contributed by atoms with E-state index in [0.717, 1.165) is 16.9 Å². The molecule has 0 saturated heterocycles. The number of hydrogen-bond donors (Lipinski definition) is 2. The maximum Gasteiger partial charge on any atom is 0.309 e. The molecular weight excluding hydrogens is 282 g/mol. The third-order valence-corrected chi connectivity index (χ3v) is 3.80. The first-order valence-corrected chi connectivity index (χ1v) is 7.23. The van der Waals surface area contributed by atoms with E-state index in [-0.39, 0.29) is 12.5 Å². The predicted octanol–water partition coefficient (Wildman–Crippen LogP) is 1.96. The average Bonchev–Trinajstić information content (AvgIpc) is 2.75. The Labute approximate surface area is 129 Å². The van der Waals surface area contributed by atoms with E-state index in [4.69, 9.17) is 5.11 Å². The van der Waals surface area contributed by atoms with Crippen molar-refractivity contribution >= 4 is 22.9 Å². The van der Waals surface area contributed by atoms with E-state index < -0.39 is 11.4 Å². The Morgan fingerprint density at radius 3 is 2.68 bits per heavy atom. The van der Waals surface area contributed by atoms with Crippen molar-refractivity contribution in [2.45, 2.75) is 33.7 Å². The van der Waals surface area contributed by atoms with Crippen LogP contribution in [-0.2, 0) is 16.1 Å². The number of nitrogens with zero attached hydrogens (tertiary/aromatic N) is 2. The number of nitrogens with one attached hydrogen (secondary N) is 1. The fourth-order valence-corrected chi connectivity index (χ4v) is 2.22. The van der Waals surface area contributed by atoms with E-state index in [1.54, 1.807) is 13.8 Å². The first-order chi connectivity index (χ1) is 10.3. The molecule has 22 heavy (non-hydrogen) atoms. The quantitative estimate of drug-likeness (QED) is 0.854. The van der Waals surface area contributed by atoms with Crippen LogP contribution in [0.5, 0.6) is 0 Å². The lowest BCUT2D eigenvalue weighted by Crippen LogP contribution is -2.33. The molecule has 0 bridgehead atoms. The second-order valence-electron chi connectivity index (χ2n) is 6.02. The summed E-state index contributed by atoms with van der Waals surface area (Å²) in [5, 5.41) is 11.8. The highest BCUT2D eigenvalue weighted by Gasteiger charge is 2.26. The van der Waals surface area contributed by atoms with E-state index in [1.807, 2.05) is 35.8 Å². The van der Waals surface area contributed by atoms with E-state index >= 15 is 0 Å².